The van der Waals surface area contributed by atoms with Crippen molar-refractivity contribution in [1.29, 1.82) is 0 Å². The Labute approximate surface area is 101 Å². The highest BCUT2D eigenvalue weighted by atomic mass is 16.6. The summed E-state index contributed by atoms with van der Waals surface area (Å²) in [4.78, 5) is 17.2. The fraction of sp³-hybridized carbons (Fsp3) is 0.385. The van der Waals surface area contributed by atoms with Crippen LogP contribution in [0.1, 0.15) is 22.3 Å². The van der Waals surface area contributed by atoms with Crippen LogP contribution in [0.3, 0.4) is 0 Å². The van der Waals surface area contributed by atoms with Gasteiger partial charge in [0.05, 0.1) is 0 Å². The van der Waals surface area contributed by atoms with Gasteiger partial charge in [-0.3, -0.25) is 4.90 Å². The first-order valence-corrected chi connectivity index (χ1v) is 5.54. The third kappa shape index (κ3) is 2.16. The van der Waals surface area contributed by atoms with Crippen LogP contribution in [0.15, 0.2) is 17.1 Å². The number of aliphatic imine (C=N–C) groups is 1. The van der Waals surface area contributed by atoms with Gasteiger partial charge in [-0.25, -0.2) is 9.79 Å². The number of carbonyl (C=O) groups excluding carboxylic acids is 1. The Morgan fingerprint density at radius 2 is 1.82 bits per heavy atom. The van der Waals surface area contributed by atoms with Gasteiger partial charge in [-0.05, 0) is 31.9 Å². The minimum absolute atomic E-state index is 0.348. The summed E-state index contributed by atoms with van der Waals surface area (Å²) in [6.07, 6.45) is -0.352. The highest BCUT2D eigenvalue weighted by Gasteiger charge is 2.22. The minimum Gasteiger partial charge on any atom is -0.391 e. The molecule has 0 N–H and O–H groups in total. The molecule has 0 saturated heterocycles. The highest BCUT2D eigenvalue weighted by molar-refractivity contribution is 6.03. The van der Waals surface area contributed by atoms with Crippen molar-refractivity contribution in [1.82, 2.24) is 4.90 Å². The smallest absolute Gasteiger partial charge is 0.391 e. The zero-order valence-electron chi connectivity index (χ0n) is 10.6. The van der Waals surface area contributed by atoms with E-state index < -0.39 is 0 Å². The number of hydrogen-bond donors (Lipinski definition) is 0. The highest BCUT2D eigenvalue weighted by Crippen LogP contribution is 2.19. The van der Waals surface area contributed by atoms with Gasteiger partial charge in [0.2, 0.25) is 5.90 Å². The van der Waals surface area contributed by atoms with Gasteiger partial charge in [0.1, 0.15) is 6.67 Å². The van der Waals surface area contributed by atoms with E-state index in [9.17, 15) is 4.79 Å². The van der Waals surface area contributed by atoms with Crippen molar-refractivity contribution < 1.29 is 9.53 Å². The standard InChI is InChI=1S/C13H16N2O2/c1-8-5-9(2)11(10(3)6-8)12-14-7-15(4)13(16)17-12/h5-6H,7H2,1-4H3. The van der Waals surface area contributed by atoms with E-state index in [0.29, 0.717) is 12.6 Å². The quantitative estimate of drug-likeness (QED) is 0.746. The lowest BCUT2D eigenvalue weighted by molar-refractivity contribution is 0.152. The van der Waals surface area contributed by atoms with Crippen molar-refractivity contribution in [2.45, 2.75) is 20.8 Å². The Kier molecular flexibility index (Phi) is 2.88. The topological polar surface area (TPSA) is 41.9 Å². The maximum absolute atomic E-state index is 11.5. The molecule has 1 aromatic rings. The predicted molar refractivity (Wildman–Crippen MR) is 66.3 cm³/mol. The first-order valence-electron chi connectivity index (χ1n) is 5.54. The summed E-state index contributed by atoms with van der Waals surface area (Å²) in [5.74, 6) is 0.433. The number of rotatable bonds is 1. The number of nitrogens with zero attached hydrogens (tertiary/aromatic N) is 2. The molecule has 0 saturated carbocycles. The van der Waals surface area contributed by atoms with E-state index in [-0.39, 0.29) is 6.09 Å². The molecule has 1 aliphatic heterocycles. The van der Waals surface area contributed by atoms with Crippen LogP contribution >= 0.6 is 0 Å². The van der Waals surface area contributed by atoms with Gasteiger partial charge in [-0.1, -0.05) is 17.7 Å². The number of amides is 1. The van der Waals surface area contributed by atoms with Crippen LogP contribution in [-0.4, -0.2) is 30.6 Å². The van der Waals surface area contributed by atoms with Gasteiger partial charge in [0, 0.05) is 12.6 Å². The molecule has 0 atom stereocenters. The Bertz CT molecular complexity index is 483. The second-order valence-corrected chi connectivity index (χ2v) is 4.44. The minimum atomic E-state index is -0.352. The van der Waals surface area contributed by atoms with Crippen LogP contribution in [-0.2, 0) is 4.74 Å². The third-order valence-corrected chi connectivity index (χ3v) is 2.81. The van der Waals surface area contributed by atoms with Crippen molar-refractivity contribution in [3.05, 3.63) is 34.4 Å². The van der Waals surface area contributed by atoms with E-state index in [0.717, 1.165) is 16.7 Å². The summed E-state index contributed by atoms with van der Waals surface area (Å²) in [6, 6.07) is 4.13. The van der Waals surface area contributed by atoms with E-state index >= 15 is 0 Å². The van der Waals surface area contributed by atoms with Crippen LogP contribution in [0.4, 0.5) is 4.79 Å². The summed E-state index contributed by atoms with van der Waals surface area (Å²) in [7, 11) is 1.66. The molecule has 0 radical (unpaired) electrons. The van der Waals surface area contributed by atoms with E-state index in [4.69, 9.17) is 4.74 Å². The van der Waals surface area contributed by atoms with Crippen LogP contribution in [0.5, 0.6) is 0 Å². The zero-order valence-corrected chi connectivity index (χ0v) is 10.6. The van der Waals surface area contributed by atoms with E-state index in [1.165, 1.54) is 10.5 Å². The van der Waals surface area contributed by atoms with Crippen LogP contribution in [0, 0.1) is 20.8 Å². The lowest BCUT2D eigenvalue weighted by atomic mass is 9.99. The summed E-state index contributed by atoms with van der Waals surface area (Å²) in [6.45, 7) is 6.40. The number of benzene rings is 1. The molecule has 0 unspecified atom stereocenters. The molecule has 1 aliphatic rings. The normalized spacial score (nSPS) is 15.6. The van der Waals surface area contributed by atoms with Gasteiger partial charge < -0.3 is 4.74 Å². The van der Waals surface area contributed by atoms with Gasteiger partial charge in [0.15, 0.2) is 0 Å². The first-order chi connectivity index (χ1) is 7.99. The maximum Gasteiger partial charge on any atom is 0.417 e. The lowest BCUT2D eigenvalue weighted by Gasteiger charge is -2.22. The SMILES string of the molecule is Cc1cc(C)c(C2=NCN(C)C(=O)O2)c(C)c1. The van der Waals surface area contributed by atoms with Gasteiger partial charge in [-0.15, -0.1) is 0 Å². The maximum atomic E-state index is 11.5. The number of cyclic esters (lactones) is 1. The second kappa shape index (κ2) is 4.20. The molecule has 0 fully saturated rings. The molecule has 0 aliphatic carbocycles. The van der Waals surface area contributed by atoms with Crippen LogP contribution in [0.25, 0.3) is 0 Å². The first kappa shape index (κ1) is 11.6. The van der Waals surface area contributed by atoms with E-state index in [2.05, 4.69) is 17.1 Å². The van der Waals surface area contributed by atoms with Crippen molar-refractivity contribution >= 4 is 12.0 Å². The Morgan fingerprint density at radius 1 is 1.24 bits per heavy atom. The van der Waals surface area contributed by atoms with E-state index in [1.807, 2.05) is 20.8 Å². The predicted octanol–water partition coefficient (Wildman–Crippen LogP) is 2.40. The van der Waals surface area contributed by atoms with E-state index in [1.54, 1.807) is 7.05 Å². The van der Waals surface area contributed by atoms with Crippen LogP contribution in [0.2, 0.25) is 0 Å². The molecule has 0 spiro atoms. The Morgan fingerprint density at radius 3 is 2.35 bits per heavy atom. The Balaban J connectivity index is 2.45. The molecule has 4 nitrogen and oxygen atoms in total. The van der Waals surface area contributed by atoms with Crippen molar-refractivity contribution in [3.8, 4) is 0 Å². The molecule has 1 amide bonds. The number of hydrogen-bond acceptors (Lipinski definition) is 3. The molecule has 90 valence electrons. The molecule has 17 heavy (non-hydrogen) atoms. The largest absolute Gasteiger partial charge is 0.417 e. The monoisotopic (exact) mass is 232 g/mol. The average Bonchev–Trinajstić information content (AvgIpc) is 2.21. The number of ether oxygens (including phenoxy) is 1. The molecular weight excluding hydrogens is 216 g/mol. The van der Waals surface area contributed by atoms with Crippen molar-refractivity contribution in [2.75, 3.05) is 13.7 Å². The van der Waals surface area contributed by atoms with Gasteiger partial charge in [0.25, 0.3) is 0 Å². The lowest BCUT2D eigenvalue weighted by Crippen LogP contribution is -2.35. The third-order valence-electron chi connectivity index (χ3n) is 2.81. The molecule has 2 rings (SSSR count). The summed E-state index contributed by atoms with van der Waals surface area (Å²) in [5, 5.41) is 0. The average molecular weight is 232 g/mol. The fourth-order valence-electron chi connectivity index (χ4n) is 2.07. The van der Waals surface area contributed by atoms with Gasteiger partial charge in [-0.2, -0.15) is 0 Å². The molecule has 1 aromatic carbocycles. The number of carbonyl (C=O) groups is 1. The molecule has 0 bridgehead atoms. The summed E-state index contributed by atoms with van der Waals surface area (Å²) in [5.41, 5.74) is 4.29. The molecule has 0 aromatic heterocycles. The second-order valence-electron chi connectivity index (χ2n) is 4.44. The van der Waals surface area contributed by atoms with Crippen LogP contribution < -0.4 is 0 Å². The molecular formula is C13H16N2O2. The summed E-state index contributed by atoms with van der Waals surface area (Å²) < 4.78 is 5.22. The Hall–Kier alpha value is -1.84. The molecule has 1 heterocycles. The zero-order chi connectivity index (χ0) is 12.6. The van der Waals surface area contributed by atoms with Gasteiger partial charge >= 0.3 is 6.09 Å². The van der Waals surface area contributed by atoms with Crippen molar-refractivity contribution in [2.24, 2.45) is 4.99 Å². The summed E-state index contributed by atoms with van der Waals surface area (Å²) >= 11 is 0. The molecule has 4 heteroatoms. The number of aryl methyl sites for hydroxylation is 3. The van der Waals surface area contributed by atoms with Crippen molar-refractivity contribution in [3.63, 3.8) is 0 Å². The fourth-order valence-corrected chi connectivity index (χ4v) is 2.07.